The van der Waals surface area contributed by atoms with E-state index >= 15 is 0 Å². The number of urea groups is 1. The van der Waals surface area contributed by atoms with Crippen molar-refractivity contribution in [3.05, 3.63) is 54.3 Å². The normalized spacial score (nSPS) is 15.1. The average Bonchev–Trinajstić information content (AvgIpc) is 3.16. The standard InChI is InChI=1S/C21H23FN6O2/c1-14(19(29)26-20-24-17-4-2-3-5-18(17)25-20)23-21(30)28-12-10-27(11-13-28)16-8-6-15(22)7-9-16/h2-9,14H,10-13H2,1H3,(H,23,30)(H2,24,25,26,29)/t14-/m0/s1. The van der Waals surface area contributed by atoms with Crippen LogP contribution in [-0.4, -0.2) is 59.0 Å². The fourth-order valence-electron chi connectivity index (χ4n) is 3.40. The summed E-state index contributed by atoms with van der Waals surface area (Å²) in [6.07, 6.45) is 0. The zero-order chi connectivity index (χ0) is 21.1. The third kappa shape index (κ3) is 4.35. The van der Waals surface area contributed by atoms with Crippen molar-refractivity contribution in [2.45, 2.75) is 13.0 Å². The predicted octanol–water partition coefficient (Wildman–Crippen LogP) is 2.56. The fourth-order valence-corrected chi connectivity index (χ4v) is 3.40. The van der Waals surface area contributed by atoms with Crippen LogP contribution in [0.15, 0.2) is 48.5 Å². The highest BCUT2D eigenvalue weighted by atomic mass is 19.1. The number of imidazole rings is 1. The highest BCUT2D eigenvalue weighted by Gasteiger charge is 2.24. The number of fused-ring (bicyclic) bond motifs is 1. The van der Waals surface area contributed by atoms with Crippen molar-refractivity contribution in [1.82, 2.24) is 20.2 Å². The van der Waals surface area contributed by atoms with Crippen molar-refractivity contribution in [1.29, 1.82) is 0 Å². The molecule has 1 aliphatic rings. The highest BCUT2D eigenvalue weighted by Crippen LogP contribution is 2.17. The second-order valence-corrected chi connectivity index (χ2v) is 7.21. The number of piperazine rings is 1. The average molecular weight is 410 g/mol. The Morgan fingerprint density at radius 3 is 2.47 bits per heavy atom. The summed E-state index contributed by atoms with van der Waals surface area (Å²) in [6, 6.07) is 12.8. The maximum Gasteiger partial charge on any atom is 0.318 e. The molecule has 0 bridgehead atoms. The minimum absolute atomic E-state index is 0.272. The molecule has 0 unspecified atom stereocenters. The Bertz CT molecular complexity index is 1010. The van der Waals surface area contributed by atoms with Gasteiger partial charge < -0.3 is 20.1 Å². The first-order valence-corrected chi connectivity index (χ1v) is 9.81. The van der Waals surface area contributed by atoms with Crippen LogP contribution < -0.4 is 15.5 Å². The number of anilines is 2. The molecule has 0 spiro atoms. The Morgan fingerprint density at radius 2 is 1.77 bits per heavy atom. The van der Waals surface area contributed by atoms with E-state index in [1.165, 1.54) is 12.1 Å². The number of carbonyl (C=O) groups excluding carboxylic acids is 2. The SMILES string of the molecule is C[C@H](NC(=O)N1CCN(c2ccc(F)cc2)CC1)C(=O)Nc1nc2ccccc2[nH]1. The predicted molar refractivity (Wildman–Crippen MR) is 113 cm³/mol. The maximum atomic E-state index is 13.1. The van der Waals surface area contributed by atoms with Crippen molar-refractivity contribution in [2.75, 3.05) is 36.4 Å². The molecule has 0 radical (unpaired) electrons. The van der Waals surface area contributed by atoms with Gasteiger partial charge in [-0.1, -0.05) is 12.1 Å². The third-order valence-corrected chi connectivity index (χ3v) is 5.12. The highest BCUT2D eigenvalue weighted by molar-refractivity contribution is 5.96. The Morgan fingerprint density at radius 1 is 1.07 bits per heavy atom. The topological polar surface area (TPSA) is 93.4 Å². The number of carbonyl (C=O) groups is 2. The van der Waals surface area contributed by atoms with Crippen molar-refractivity contribution >= 4 is 34.6 Å². The van der Waals surface area contributed by atoms with Crippen LogP contribution >= 0.6 is 0 Å². The van der Waals surface area contributed by atoms with Gasteiger partial charge in [0.2, 0.25) is 11.9 Å². The molecule has 2 heterocycles. The summed E-state index contributed by atoms with van der Waals surface area (Å²) in [6.45, 7) is 3.93. The molecule has 3 aromatic rings. The number of aromatic amines is 1. The second-order valence-electron chi connectivity index (χ2n) is 7.21. The van der Waals surface area contributed by atoms with Crippen molar-refractivity contribution in [2.24, 2.45) is 0 Å². The molecule has 4 rings (SSSR count). The molecule has 30 heavy (non-hydrogen) atoms. The van der Waals surface area contributed by atoms with E-state index in [-0.39, 0.29) is 17.8 Å². The van der Waals surface area contributed by atoms with E-state index in [9.17, 15) is 14.0 Å². The first-order chi connectivity index (χ1) is 14.5. The molecule has 1 fully saturated rings. The second kappa shape index (κ2) is 8.40. The molecule has 0 saturated carbocycles. The lowest BCUT2D eigenvalue weighted by molar-refractivity contribution is -0.117. The lowest BCUT2D eigenvalue weighted by Gasteiger charge is -2.36. The Kier molecular flexibility index (Phi) is 5.51. The quantitative estimate of drug-likeness (QED) is 0.616. The Labute approximate surface area is 173 Å². The van der Waals surface area contributed by atoms with E-state index < -0.39 is 6.04 Å². The van der Waals surface area contributed by atoms with E-state index in [0.29, 0.717) is 32.1 Å². The number of amides is 3. The summed E-state index contributed by atoms with van der Waals surface area (Å²) in [4.78, 5) is 36.1. The van der Waals surface area contributed by atoms with Crippen molar-refractivity contribution in [3.8, 4) is 0 Å². The third-order valence-electron chi connectivity index (χ3n) is 5.12. The number of hydrogen-bond acceptors (Lipinski definition) is 4. The summed E-state index contributed by atoms with van der Waals surface area (Å²) >= 11 is 0. The molecule has 1 aromatic heterocycles. The van der Waals surface area contributed by atoms with Crippen LogP contribution in [0.25, 0.3) is 11.0 Å². The molecule has 156 valence electrons. The lowest BCUT2D eigenvalue weighted by atomic mass is 10.2. The first-order valence-electron chi connectivity index (χ1n) is 9.81. The molecule has 3 N–H and O–H groups in total. The summed E-state index contributed by atoms with van der Waals surface area (Å²) in [5, 5.41) is 5.43. The van der Waals surface area contributed by atoms with Crippen molar-refractivity contribution < 1.29 is 14.0 Å². The zero-order valence-electron chi connectivity index (χ0n) is 16.6. The number of aromatic nitrogens is 2. The van der Waals surface area contributed by atoms with Gasteiger partial charge >= 0.3 is 6.03 Å². The van der Waals surface area contributed by atoms with Gasteiger partial charge in [0, 0.05) is 31.9 Å². The Hall–Kier alpha value is -3.62. The molecular weight excluding hydrogens is 387 g/mol. The van der Waals surface area contributed by atoms with Gasteiger partial charge in [-0.15, -0.1) is 0 Å². The van der Waals surface area contributed by atoms with Gasteiger partial charge in [-0.2, -0.15) is 0 Å². The molecule has 2 aromatic carbocycles. The van der Waals surface area contributed by atoms with E-state index in [1.807, 2.05) is 24.3 Å². The van der Waals surface area contributed by atoms with Crippen LogP contribution in [0.3, 0.4) is 0 Å². The maximum absolute atomic E-state index is 13.1. The summed E-state index contributed by atoms with van der Waals surface area (Å²) in [5.41, 5.74) is 2.50. The van der Waals surface area contributed by atoms with Gasteiger partial charge in [-0.25, -0.2) is 14.2 Å². The van der Waals surface area contributed by atoms with Gasteiger partial charge in [0.05, 0.1) is 11.0 Å². The first kappa shape index (κ1) is 19.7. The number of benzene rings is 2. The fraction of sp³-hybridized carbons (Fsp3) is 0.286. The molecular formula is C21H23FN6O2. The molecule has 1 saturated heterocycles. The van der Waals surface area contributed by atoms with Crippen molar-refractivity contribution in [3.63, 3.8) is 0 Å². The molecule has 3 amide bonds. The van der Waals surface area contributed by atoms with Gasteiger partial charge in [0.1, 0.15) is 11.9 Å². The number of hydrogen-bond donors (Lipinski definition) is 3. The van der Waals surface area contributed by atoms with Crippen LogP contribution in [0, 0.1) is 5.82 Å². The number of nitrogens with zero attached hydrogens (tertiary/aromatic N) is 3. The Balaban J connectivity index is 1.28. The van der Waals surface area contributed by atoms with Crippen LogP contribution in [0.4, 0.5) is 20.8 Å². The van der Waals surface area contributed by atoms with E-state index in [2.05, 4.69) is 25.5 Å². The molecule has 8 nitrogen and oxygen atoms in total. The summed E-state index contributed by atoms with van der Waals surface area (Å²) in [7, 11) is 0. The molecule has 1 aliphatic heterocycles. The van der Waals surface area contributed by atoms with Gasteiger partial charge in [0.25, 0.3) is 0 Å². The monoisotopic (exact) mass is 410 g/mol. The molecule has 0 aliphatic carbocycles. The number of nitrogens with one attached hydrogen (secondary N) is 3. The van der Waals surface area contributed by atoms with E-state index in [1.54, 1.807) is 24.0 Å². The molecule has 1 atom stereocenters. The van der Waals surface area contributed by atoms with Crippen LogP contribution in [0.5, 0.6) is 0 Å². The lowest BCUT2D eigenvalue weighted by Crippen LogP contribution is -2.54. The minimum Gasteiger partial charge on any atom is -0.368 e. The van der Waals surface area contributed by atoms with Crippen LogP contribution in [-0.2, 0) is 4.79 Å². The number of para-hydroxylation sites is 2. The van der Waals surface area contributed by atoms with Gasteiger partial charge in [0.15, 0.2) is 0 Å². The van der Waals surface area contributed by atoms with Gasteiger partial charge in [-0.05, 0) is 43.3 Å². The van der Waals surface area contributed by atoms with Crippen LogP contribution in [0.2, 0.25) is 0 Å². The van der Waals surface area contributed by atoms with Gasteiger partial charge in [-0.3, -0.25) is 10.1 Å². The van der Waals surface area contributed by atoms with E-state index in [4.69, 9.17) is 0 Å². The molecule has 9 heteroatoms. The summed E-state index contributed by atoms with van der Waals surface area (Å²) in [5.74, 6) is -0.283. The smallest absolute Gasteiger partial charge is 0.318 e. The zero-order valence-corrected chi connectivity index (χ0v) is 16.6. The number of H-pyrrole nitrogens is 1. The number of halogens is 1. The van der Waals surface area contributed by atoms with Crippen LogP contribution in [0.1, 0.15) is 6.92 Å². The van der Waals surface area contributed by atoms with E-state index in [0.717, 1.165) is 16.7 Å². The number of rotatable bonds is 4. The summed E-state index contributed by atoms with van der Waals surface area (Å²) < 4.78 is 13.1. The minimum atomic E-state index is -0.721. The largest absolute Gasteiger partial charge is 0.368 e.